The lowest BCUT2D eigenvalue weighted by Crippen LogP contribution is -1.95. The molecule has 1 aromatic heterocycles. The summed E-state index contributed by atoms with van der Waals surface area (Å²) in [5.41, 5.74) is 8.73. The minimum Gasteiger partial charge on any atom is -0.252 e. The van der Waals surface area contributed by atoms with Crippen molar-refractivity contribution in [2.75, 3.05) is 0 Å². The molecule has 0 unspecified atom stereocenters. The third-order valence-electron chi connectivity index (χ3n) is 7.34. The van der Waals surface area contributed by atoms with Gasteiger partial charge in [0.2, 0.25) is 0 Å². The number of hydrogen-bond acceptors (Lipinski definition) is 1. The minimum atomic E-state index is 1.02. The van der Waals surface area contributed by atoms with Crippen LogP contribution < -0.4 is 0 Å². The maximum Gasteiger partial charge on any atom is 0.0786 e. The number of hydrogen-bond donors (Lipinski definition) is 0. The molecule has 0 radical (unpaired) electrons. The highest BCUT2D eigenvalue weighted by Gasteiger charge is 2.16. The standard InChI is InChI=1S/C30H27N.C4H8.C2H6/c1-5-11-21-17-28(24-13-8-7-12-23(24)22(21)6-2)29-18-27-19(3)16-20(4)31-30(27)26-15-10-9-14-25(26)29;1-2-4-3-1;1-2/h5,7-18H,6H2,1-4H3;1-4H2;1-2H3/b11-5-;;. The van der Waals surface area contributed by atoms with Crippen LogP contribution in [0.3, 0.4) is 0 Å². The number of rotatable bonds is 3. The van der Waals surface area contributed by atoms with Gasteiger partial charge in [0, 0.05) is 16.5 Å². The third-order valence-corrected chi connectivity index (χ3v) is 7.34. The van der Waals surface area contributed by atoms with Gasteiger partial charge in [-0.05, 0) is 89.4 Å². The van der Waals surface area contributed by atoms with Crippen molar-refractivity contribution in [3.63, 3.8) is 0 Å². The molecule has 0 amide bonds. The smallest absolute Gasteiger partial charge is 0.0786 e. The largest absolute Gasteiger partial charge is 0.252 e. The normalized spacial score (nSPS) is 12.7. The molecule has 37 heavy (non-hydrogen) atoms. The molecule has 0 spiro atoms. The predicted octanol–water partition coefficient (Wildman–Crippen LogP) is 11.0. The molecule has 190 valence electrons. The average Bonchev–Trinajstić information content (AvgIpc) is 2.88. The highest BCUT2D eigenvalue weighted by atomic mass is 14.7. The zero-order valence-corrected chi connectivity index (χ0v) is 23.5. The fourth-order valence-corrected chi connectivity index (χ4v) is 5.26. The molecule has 0 atom stereocenters. The Kier molecular flexibility index (Phi) is 8.77. The van der Waals surface area contributed by atoms with Crippen molar-refractivity contribution >= 4 is 38.5 Å². The van der Waals surface area contributed by atoms with Gasteiger partial charge in [-0.1, -0.05) is 107 Å². The topological polar surface area (TPSA) is 12.9 Å². The van der Waals surface area contributed by atoms with Gasteiger partial charge < -0.3 is 0 Å². The lowest BCUT2D eigenvalue weighted by Gasteiger charge is -2.17. The maximum absolute atomic E-state index is 4.92. The van der Waals surface area contributed by atoms with E-state index >= 15 is 0 Å². The molecule has 0 bridgehead atoms. The number of pyridine rings is 1. The van der Waals surface area contributed by atoms with E-state index in [1.165, 1.54) is 80.4 Å². The molecule has 1 nitrogen and oxygen atoms in total. The average molecular weight is 488 g/mol. The van der Waals surface area contributed by atoms with E-state index in [0.717, 1.165) is 17.6 Å². The van der Waals surface area contributed by atoms with Crippen molar-refractivity contribution in [3.05, 3.63) is 95.2 Å². The van der Waals surface area contributed by atoms with Crippen LogP contribution in [0.2, 0.25) is 0 Å². The van der Waals surface area contributed by atoms with Crippen molar-refractivity contribution < 1.29 is 0 Å². The fraction of sp³-hybridized carbons (Fsp3) is 0.306. The number of aryl methyl sites for hydroxylation is 3. The molecule has 1 aliphatic rings. The lowest BCUT2D eigenvalue weighted by molar-refractivity contribution is 0.504. The van der Waals surface area contributed by atoms with Crippen molar-refractivity contribution in [1.29, 1.82) is 0 Å². The summed E-state index contributed by atoms with van der Waals surface area (Å²) in [6.45, 7) is 12.6. The SMILES string of the molecule is C/C=C\c1cc(-c2cc3c(C)cc(C)nc3c3ccccc23)c2ccccc2c1CC.C1CCC1.CC. The Balaban J connectivity index is 0.000000479. The van der Waals surface area contributed by atoms with Crippen LogP contribution >= 0.6 is 0 Å². The Morgan fingerprint density at radius 1 is 0.703 bits per heavy atom. The fourth-order valence-electron chi connectivity index (χ4n) is 5.26. The molecule has 0 aliphatic heterocycles. The van der Waals surface area contributed by atoms with Gasteiger partial charge in [0.1, 0.15) is 0 Å². The second-order valence-electron chi connectivity index (χ2n) is 9.75. The highest BCUT2D eigenvalue weighted by Crippen LogP contribution is 2.40. The zero-order chi connectivity index (χ0) is 26.4. The summed E-state index contributed by atoms with van der Waals surface area (Å²) in [6, 6.07) is 24.5. The lowest BCUT2D eigenvalue weighted by atomic mass is 9.87. The van der Waals surface area contributed by atoms with Gasteiger partial charge in [0.25, 0.3) is 0 Å². The molecule has 5 aromatic rings. The van der Waals surface area contributed by atoms with Crippen LogP contribution in [0.1, 0.15) is 75.8 Å². The van der Waals surface area contributed by atoms with E-state index in [4.69, 9.17) is 4.98 Å². The molecule has 1 fully saturated rings. The van der Waals surface area contributed by atoms with Gasteiger partial charge >= 0.3 is 0 Å². The zero-order valence-electron chi connectivity index (χ0n) is 23.5. The Morgan fingerprint density at radius 3 is 1.81 bits per heavy atom. The first-order chi connectivity index (χ1) is 18.1. The van der Waals surface area contributed by atoms with E-state index in [0.29, 0.717) is 0 Å². The number of aromatic nitrogens is 1. The number of benzene rings is 4. The van der Waals surface area contributed by atoms with Crippen molar-refractivity contribution in [2.45, 2.75) is 73.6 Å². The van der Waals surface area contributed by atoms with Gasteiger partial charge in [-0.2, -0.15) is 0 Å². The Morgan fingerprint density at radius 2 is 1.24 bits per heavy atom. The van der Waals surface area contributed by atoms with Crippen LogP contribution in [-0.2, 0) is 6.42 Å². The third kappa shape index (κ3) is 5.32. The van der Waals surface area contributed by atoms with Crippen LogP contribution in [0.25, 0.3) is 49.7 Å². The summed E-state index contributed by atoms with van der Waals surface area (Å²) in [5, 5.41) is 6.37. The Bertz CT molecular complexity index is 1550. The molecular weight excluding hydrogens is 446 g/mol. The molecule has 4 aromatic carbocycles. The van der Waals surface area contributed by atoms with Gasteiger partial charge in [-0.25, -0.2) is 0 Å². The monoisotopic (exact) mass is 487 g/mol. The molecule has 0 N–H and O–H groups in total. The van der Waals surface area contributed by atoms with Crippen LogP contribution in [0.15, 0.2) is 72.8 Å². The minimum absolute atomic E-state index is 1.02. The molecule has 1 heteroatoms. The summed E-state index contributed by atoms with van der Waals surface area (Å²) in [4.78, 5) is 4.92. The first-order valence-electron chi connectivity index (χ1n) is 14.1. The maximum atomic E-state index is 4.92. The van der Waals surface area contributed by atoms with Gasteiger partial charge in [-0.15, -0.1) is 0 Å². The summed E-state index contributed by atoms with van der Waals surface area (Å²) < 4.78 is 0. The quantitative estimate of drug-likeness (QED) is 0.231. The predicted molar refractivity (Wildman–Crippen MR) is 166 cm³/mol. The van der Waals surface area contributed by atoms with Gasteiger partial charge in [0.05, 0.1) is 5.52 Å². The van der Waals surface area contributed by atoms with E-state index in [1.807, 2.05) is 13.8 Å². The number of nitrogens with zero attached hydrogens (tertiary/aromatic N) is 1. The molecule has 1 heterocycles. The van der Waals surface area contributed by atoms with Crippen LogP contribution in [-0.4, -0.2) is 4.98 Å². The van der Waals surface area contributed by atoms with Gasteiger partial charge in [0.15, 0.2) is 0 Å². The molecular formula is C36H41N. The molecule has 1 saturated carbocycles. The van der Waals surface area contributed by atoms with E-state index in [1.54, 1.807) is 0 Å². The molecule has 1 aliphatic carbocycles. The Hall–Kier alpha value is -3.45. The number of allylic oxidation sites excluding steroid dienone is 1. The van der Waals surface area contributed by atoms with Crippen molar-refractivity contribution in [3.8, 4) is 11.1 Å². The highest BCUT2D eigenvalue weighted by molar-refractivity contribution is 6.16. The Labute approximate surface area is 223 Å². The summed E-state index contributed by atoms with van der Waals surface area (Å²) in [7, 11) is 0. The van der Waals surface area contributed by atoms with Gasteiger partial charge in [-0.3, -0.25) is 4.98 Å². The van der Waals surface area contributed by atoms with E-state index in [9.17, 15) is 0 Å². The first kappa shape index (κ1) is 26.6. The van der Waals surface area contributed by atoms with Crippen molar-refractivity contribution in [1.82, 2.24) is 4.98 Å². The van der Waals surface area contributed by atoms with E-state index in [2.05, 4.69) is 107 Å². The van der Waals surface area contributed by atoms with Crippen molar-refractivity contribution in [2.24, 2.45) is 0 Å². The summed E-state index contributed by atoms with van der Waals surface area (Å²) in [5.74, 6) is 0. The number of fused-ring (bicyclic) bond motifs is 4. The summed E-state index contributed by atoms with van der Waals surface area (Å²) in [6.07, 6.45) is 11.4. The molecule has 0 saturated heterocycles. The molecule has 6 rings (SSSR count). The second-order valence-corrected chi connectivity index (χ2v) is 9.75. The van der Waals surface area contributed by atoms with E-state index < -0.39 is 0 Å². The van der Waals surface area contributed by atoms with E-state index in [-0.39, 0.29) is 0 Å². The van der Waals surface area contributed by atoms with Crippen LogP contribution in [0.5, 0.6) is 0 Å². The second kappa shape index (κ2) is 12.2. The van der Waals surface area contributed by atoms with Crippen LogP contribution in [0.4, 0.5) is 0 Å². The first-order valence-corrected chi connectivity index (χ1v) is 14.1. The summed E-state index contributed by atoms with van der Waals surface area (Å²) >= 11 is 0. The van der Waals surface area contributed by atoms with Crippen LogP contribution in [0, 0.1) is 13.8 Å².